The third kappa shape index (κ3) is 4.80. The fraction of sp³-hybridized carbons (Fsp3) is 0.320. The van der Waals surface area contributed by atoms with Crippen LogP contribution in [0.3, 0.4) is 0 Å². The van der Waals surface area contributed by atoms with Gasteiger partial charge in [-0.05, 0) is 43.7 Å². The number of furan rings is 1. The summed E-state index contributed by atoms with van der Waals surface area (Å²) in [4.78, 5) is 22.9. The molecule has 1 N–H and O–H groups in total. The van der Waals surface area contributed by atoms with Gasteiger partial charge in [-0.3, -0.25) is 9.78 Å². The van der Waals surface area contributed by atoms with E-state index in [1.54, 1.807) is 22.9 Å². The molecule has 9 heteroatoms. The molecule has 1 amide bonds. The number of aryl methyl sites for hydroxylation is 1. The summed E-state index contributed by atoms with van der Waals surface area (Å²) in [6, 6.07) is 9.72. The highest BCUT2D eigenvalue weighted by Crippen LogP contribution is 2.37. The molecular formula is C25H26N4O4S. The molecule has 34 heavy (non-hydrogen) atoms. The van der Waals surface area contributed by atoms with Crippen LogP contribution in [-0.4, -0.2) is 52.1 Å². The van der Waals surface area contributed by atoms with Gasteiger partial charge in [0.1, 0.15) is 17.6 Å². The summed E-state index contributed by atoms with van der Waals surface area (Å²) in [5.41, 5.74) is 3.03. The smallest absolute Gasteiger partial charge is 0.276 e. The minimum absolute atomic E-state index is 0.116. The van der Waals surface area contributed by atoms with Crippen LogP contribution in [0.1, 0.15) is 28.0 Å². The van der Waals surface area contributed by atoms with E-state index in [2.05, 4.69) is 21.4 Å². The third-order valence-corrected chi connectivity index (χ3v) is 6.65. The van der Waals surface area contributed by atoms with Gasteiger partial charge >= 0.3 is 0 Å². The molecule has 0 unspecified atom stereocenters. The van der Waals surface area contributed by atoms with Crippen molar-refractivity contribution in [3.63, 3.8) is 0 Å². The number of fused-ring (bicyclic) bond motifs is 1. The molecule has 1 saturated heterocycles. The maximum atomic E-state index is 12.6. The summed E-state index contributed by atoms with van der Waals surface area (Å²) in [6.45, 7) is 4.87. The van der Waals surface area contributed by atoms with Gasteiger partial charge in [-0.25, -0.2) is 4.98 Å². The number of rotatable bonds is 9. The first-order valence-electron chi connectivity index (χ1n) is 11.3. The Labute approximate surface area is 201 Å². The number of hydrogen-bond acceptors (Lipinski definition) is 8. The molecule has 0 atom stereocenters. The molecule has 0 radical (unpaired) electrons. The van der Waals surface area contributed by atoms with Crippen molar-refractivity contribution >= 4 is 28.6 Å². The SMILES string of the molecule is Cc1c(-c2nc(C(=O)N3CCSC3)co2)oc2cccc(OCCCNCc3cccnc3)c12. The second-order valence-corrected chi connectivity index (χ2v) is 9.14. The van der Waals surface area contributed by atoms with Crippen LogP contribution >= 0.6 is 11.8 Å². The minimum atomic E-state index is -0.116. The highest BCUT2D eigenvalue weighted by Gasteiger charge is 2.25. The molecule has 0 saturated carbocycles. The van der Waals surface area contributed by atoms with Crippen molar-refractivity contribution in [2.24, 2.45) is 0 Å². The Morgan fingerprint density at radius 2 is 2.24 bits per heavy atom. The lowest BCUT2D eigenvalue weighted by molar-refractivity contribution is 0.0797. The summed E-state index contributed by atoms with van der Waals surface area (Å²) in [5.74, 6) is 3.09. The van der Waals surface area contributed by atoms with Crippen molar-refractivity contribution in [2.45, 2.75) is 19.9 Å². The summed E-state index contributed by atoms with van der Waals surface area (Å²) >= 11 is 1.73. The maximum Gasteiger partial charge on any atom is 0.276 e. The van der Waals surface area contributed by atoms with Crippen LogP contribution in [0, 0.1) is 6.92 Å². The van der Waals surface area contributed by atoms with Crippen LogP contribution in [0.25, 0.3) is 22.6 Å². The molecule has 1 aliphatic rings. The number of carbonyl (C=O) groups is 1. The van der Waals surface area contributed by atoms with E-state index >= 15 is 0 Å². The van der Waals surface area contributed by atoms with Crippen LogP contribution < -0.4 is 10.1 Å². The Hall–Kier alpha value is -3.30. The average molecular weight is 479 g/mol. The molecule has 5 rings (SSSR count). The van der Waals surface area contributed by atoms with Crippen molar-refractivity contribution in [3.8, 4) is 17.4 Å². The molecule has 8 nitrogen and oxygen atoms in total. The van der Waals surface area contributed by atoms with Crippen LogP contribution in [0.4, 0.5) is 0 Å². The largest absolute Gasteiger partial charge is 0.493 e. The number of nitrogens with zero attached hydrogens (tertiary/aromatic N) is 3. The number of nitrogens with one attached hydrogen (secondary N) is 1. The van der Waals surface area contributed by atoms with E-state index in [9.17, 15) is 4.79 Å². The van der Waals surface area contributed by atoms with E-state index in [0.717, 1.165) is 54.1 Å². The lowest BCUT2D eigenvalue weighted by Crippen LogP contribution is -2.27. The van der Waals surface area contributed by atoms with Crippen LogP contribution in [0.15, 0.2) is 57.8 Å². The van der Waals surface area contributed by atoms with E-state index in [1.807, 2.05) is 37.4 Å². The second-order valence-electron chi connectivity index (χ2n) is 8.07. The zero-order valence-corrected chi connectivity index (χ0v) is 19.8. The van der Waals surface area contributed by atoms with E-state index < -0.39 is 0 Å². The zero-order chi connectivity index (χ0) is 23.3. The van der Waals surface area contributed by atoms with Crippen molar-refractivity contribution < 1.29 is 18.4 Å². The molecule has 1 aliphatic heterocycles. The van der Waals surface area contributed by atoms with E-state index in [0.29, 0.717) is 35.4 Å². The molecule has 1 aromatic carbocycles. The fourth-order valence-electron chi connectivity index (χ4n) is 3.92. The first kappa shape index (κ1) is 22.5. The number of oxazole rings is 1. The first-order chi connectivity index (χ1) is 16.7. The van der Waals surface area contributed by atoms with E-state index in [1.165, 1.54) is 6.26 Å². The van der Waals surface area contributed by atoms with Crippen LogP contribution in [0.2, 0.25) is 0 Å². The van der Waals surface area contributed by atoms with Crippen LogP contribution in [0.5, 0.6) is 5.75 Å². The Bertz CT molecular complexity index is 1260. The van der Waals surface area contributed by atoms with Gasteiger partial charge in [0.15, 0.2) is 11.5 Å². The molecule has 1 fully saturated rings. The second kappa shape index (κ2) is 10.3. The zero-order valence-electron chi connectivity index (χ0n) is 19.0. The van der Waals surface area contributed by atoms with Gasteiger partial charge in [0.2, 0.25) is 0 Å². The molecule has 3 aromatic heterocycles. The van der Waals surface area contributed by atoms with Gasteiger partial charge in [-0.1, -0.05) is 12.1 Å². The normalized spacial score (nSPS) is 13.6. The number of carbonyl (C=O) groups excluding carboxylic acids is 1. The molecule has 176 valence electrons. The van der Waals surface area contributed by atoms with Gasteiger partial charge in [-0.2, -0.15) is 0 Å². The van der Waals surface area contributed by atoms with Gasteiger partial charge in [0, 0.05) is 36.8 Å². The number of pyridine rings is 1. The number of benzene rings is 1. The number of ether oxygens (including phenoxy) is 1. The highest BCUT2D eigenvalue weighted by atomic mass is 32.2. The predicted molar refractivity (Wildman–Crippen MR) is 131 cm³/mol. The number of thioether (sulfide) groups is 1. The predicted octanol–water partition coefficient (Wildman–Crippen LogP) is 4.50. The molecule has 0 bridgehead atoms. The summed E-state index contributed by atoms with van der Waals surface area (Å²) in [6.07, 6.45) is 5.90. The Balaban J connectivity index is 1.23. The van der Waals surface area contributed by atoms with E-state index in [-0.39, 0.29) is 5.91 Å². The van der Waals surface area contributed by atoms with Gasteiger partial charge < -0.3 is 23.8 Å². The Morgan fingerprint density at radius 3 is 3.06 bits per heavy atom. The number of amides is 1. The lowest BCUT2D eigenvalue weighted by atomic mass is 10.1. The standard InChI is InChI=1S/C25H26N4O4S/c1-17-22-20(31-11-4-9-27-14-18-5-3-8-26-13-18)6-2-7-21(22)33-23(17)24-28-19(15-32-24)25(30)29-10-12-34-16-29/h2-3,5-8,13,15,27H,4,9-12,14,16H2,1H3. The lowest BCUT2D eigenvalue weighted by Gasteiger charge is -2.11. The quantitative estimate of drug-likeness (QED) is 0.352. The van der Waals surface area contributed by atoms with Crippen molar-refractivity contribution in [1.82, 2.24) is 20.2 Å². The van der Waals surface area contributed by atoms with Crippen LogP contribution in [-0.2, 0) is 6.54 Å². The molecule has 4 heterocycles. The monoisotopic (exact) mass is 478 g/mol. The maximum absolute atomic E-state index is 12.6. The minimum Gasteiger partial charge on any atom is -0.493 e. The van der Waals surface area contributed by atoms with Crippen molar-refractivity contribution in [2.75, 3.05) is 31.3 Å². The third-order valence-electron chi connectivity index (χ3n) is 5.68. The molecule has 0 aliphatic carbocycles. The summed E-state index contributed by atoms with van der Waals surface area (Å²) in [5, 5.41) is 4.29. The molecular weight excluding hydrogens is 452 g/mol. The topological polar surface area (TPSA) is 93.6 Å². The van der Waals surface area contributed by atoms with Crippen molar-refractivity contribution in [1.29, 1.82) is 0 Å². The van der Waals surface area contributed by atoms with Crippen molar-refractivity contribution in [3.05, 3.63) is 65.8 Å². The Morgan fingerprint density at radius 1 is 1.29 bits per heavy atom. The van der Waals surface area contributed by atoms with Gasteiger partial charge in [-0.15, -0.1) is 11.8 Å². The van der Waals surface area contributed by atoms with Gasteiger partial charge in [0.25, 0.3) is 11.8 Å². The first-order valence-corrected chi connectivity index (χ1v) is 12.4. The summed E-state index contributed by atoms with van der Waals surface area (Å²) in [7, 11) is 0. The molecule has 0 spiro atoms. The van der Waals surface area contributed by atoms with Gasteiger partial charge in [0.05, 0.1) is 17.9 Å². The number of hydrogen-bond donors (Lipinski definition) is 1. The average Bonchev–Trinajstić information content (AvgIpc) is 3.62. The Kier molecular flexibility index (Phi) is 6.82. The summed E-state index contributed by atoms with van der Waals surface area (Å²) < 4.78 is 17.8. The fourth-order valence-corrected chi connectivity index (χ4v) is 4.86. The van der Waals surface area contributed by atoms with E-state index in [4.69, 9.17) is 13.6 Å². The highest BCUT2D eigenvalue weighted by molar-refractivity contribution is 7.99. The number of aromatic nitrogens is 2. The molecule has 4 aromatic rings.